The van der Waals surface area contributed by atoms with E-state index in [0.717, 1.165) is 5.57 Å². The lowest BCUT2D eigenvalue weighted by Gasteiger charge is -1.92. The highest BCUT2D eigenvalue weighted by Gasteiger charge is 2.54. The Balaban J connectivity index is 2.74. The highest BCUT2D eigenvalue weighted by atomic mass is 35.5. The molecule has 1 fully saturated rings. The SMILES string of the molecule is C=C1C(C(=O)Cl)C1(C)C. The molecule has 0 aliphatic heterocycles. The normalized spacial score (nSPS) is 30.1. The van der Waals surface area contributed by atoms with E-state index < -0.39 is 0 Å². The molecule has 1 aliphatic carbocycles. The van der Waals surface area contributed by atoms with Gasteiger partial charge in [0.2, 0.25) is 5.24 Å². The Labute approximate surface area is 59.7 Å². The third kappa shape index (κ3) is 0.799. The van der Waals surface area contributed by atoms with E-state index >= 15 is 0 Å². The highest BCUT2D eigenvalue weighted by molar-refractivity contribution is 6.65. The topological polar surface area (TPSA) is 17.1 Å². The standard InChI is InChI=1S/C7H9ClO/c1-4-5(6(8)9)7(4,2)3/h5H,1H2,2-3H3. The number of carbonyl (C=O) groups excluding carboxylic acids is 1. The van der Waals surface area contributed by atoms with Crippen LogP contribution >= 0.6 is 11.6 Å². The van der Waals surface area contributed by atoms with Crippen LogP contribution in [0.4, 0.5) is 0 Å². The molecule has 0 saturated heterocycles. The molecule has 1 saturated carbocycles. The van der Waals surface area contributed by atoms with Crippen LogP contribution in [0.3, 0.4) is 0 Å². The molecule has 0 bridgehead atoms. The van der Waals surface area contributed by atoms with Crippen LogP contribution in [0.1, 0.15) is 13.8 Å². The summed E-state index contributed by atoms with van der Waals surface area (Å²) in [5, 5.41) is -0.273. The maximum Gasteiger partial charge on any atom is 0.229 e. The second-order valence-electron chi connectivity index (χ2n) is 2.98. The molecule has 0 heterocycles. The van der Waals surface area contributed by atoms with E-state index in [1.165, 1.54) is 0 Å². The van der Waals surface area contributed by atoms with Crippen LogP contribution in [0, 0.1) is 11.3 Å². The number of hydrogen-bond acceptors (Lipinski definition) is 1. The predicted octanol–water partition coefficient (Wildman–Crippen LogP) is 1.96. The lowest BCUT2D eigenvalue weighted by atomic mass is 10.1. The van der Waals surface area contributed by atoms with Gasteiger partial charge in [-0.1, -0.05) is 26.0 Å². The van der Waals surface area contributed by atoms with Crippen molar-refractivity contribution in [3.05, 3.63) is 12.2 Å². The zero-order chi connectivity index (χ0) is 7.23. The molecule has 1 aliphatic rings. The summed E-state index contributed by atoms with van der Waals surface area (Å²) in [7, 11) is 0. The summed E-state index contributed by atoms with van der Waals surface area (Å²) in [5.74, 6) is -0.0841. The van der Waals surface area contributed by atoms with E-state index in [1.807, 2.05) is 13.8 Å². The van der Waals surface area contributed by atoms with Gasteiger partial charge in [0.25, 0.3) is 0 Å². The zero-order valence-corrected chi connectivity index (χ0v) is 6.33. The Morgan fingerprint density at radius 2 is 2.11 bits per heavy atom. The Hall–Kier alpha value is -0.300. The van der Waals surface area contributed by atoms with Crippen LogP contribution in [-0.2, 0) is 4.79 Å². The molecule has 0 aromatic heterocycles. The number of allylic oxidation sites excluding steroid dienone is 1. The Morgan fingerprint density at radius 3 is 2.11 bits per heavy atom. The van der Waals surface area contributed by atoms with Crippen LogP contribution in [0.25, 0.3) is 0 Å². The molecule has 50 valence electrons. The fourth-order valence-corrected chi connectivity index (χ4v) is 1.46. The minimum Gasteiger partial charge on any atom is -0.281 e. The van der Waals surface area contributed by atoms with Gasteiger partial charge in [0.05, 0.1) is 5.92 Å². The molecule has 0 spiro atoms. The van der Waals surface area contributed by atoms with E-state index in [1.54, 1.807) is 0 Å². The van der Waals surface area contributed by atoms with Crippen molar-refractivity contribution in [2.75, 3.05) is 0 Å². The van der Waals surface area contributed by atoms with Crippen molar-refractivity contribution < 1.29 is 4.79 Å². The number of halogens is 1. The van der Waals surface area contributed by atoms with Gasteiger partial charge in [0.1, 0.15) is 0 Å². The first-order chi connectivity index (χ1) is 3.98. The van der Waals surface area contributed by atoms with Crippen LogP contribution in [0.5, 0.6) is 0 Å². The largest absolute Gasteiger partial charge is 0.281 e. The summed E-state index contributed by atoms with van der Waals surface area (Å²) in [4.78, 5) is 10.5. The van der Waals surface area contributed by atoms with Crippen LogP contribution in [0.2, 0.25) is 0 Å². The number of hydrogen-bond donors (Lipinski definition) is 0. The molecule has 1 atom stereocenters. The maximum atomic E-state index is 10.5. The summed E-state index contributed by atoms with van der Waals surface area (Å²) in [6.45, 7) is 7.66. The maximum absolute atomic E-state index is 10.5. The van der Waals surface area contributed by atoms with E-state index in [0.29, 0.717) is 0 Å². The smallest absolute Gasteiger partial charge is 0.229 e. The summed E-state index contributed by atoms with van der Waals surface area (Å²) >= 11 is 5.25. The molecular formula is C7H9ClO. The van der Waals surface area contributed by atoms with E-state index in [9.17, 15) is 4.79 Å². The van der Waals surface area contributed by atoms with Crippen molar-refractivity contribution in [1.29, 1.82) is 0 Å². The summed E-state index contributed by atoms with van der Waals surface area (Å²) < 4.78 is 0. The van der Waals surface area contributed by atoms with Crippen molar-refractivity contribution in [2.45, 2.75) is 13.8 Å². The molecule has 1 unspecified atom stereocenters. The van der Waals surface area contributed by atoms with Crippen LogP contribution < -0.4 is 0 Å². The zero-order valence-electron chi connectivity index (χ0n) is 5.57. The van der Waals surface area contributed by atoms with Gasteiger partial charge >= 0.3 is 0 Å². The van der Waals surface area contributed by atoms with Crippen molar-refractivity contribution in [3.63, 3.8) is 0 Å². The van der Waals surface area contributed by atoms with Crippen molar-refractivity contribution in [1.82, 2.24) is 0 Å². The third-order valence-corrected chi connectivity index (χ3v) is 2.26. The number of rotatable bonds is 1. The molecule has 0 N–H and O–H groups in total. The number of carbonyl (C=O) groups is 1. The first kappa shape index (κ1) is 6.81. The predicted molar refractivity (Wildman–Crippen MR) is 37.3 cm³/mol. The Morgan fingerprint density at radius 1 is 1.78 bits per heavy atom. The van der Waals surface area contributed by atoms with Gasteiger partial charge in [-0.3, -0.25) is 4.79 Å². The molecule has 2 heteroatoms. The van der Waals surface area contributed by atoms with Gasteiger partial charge in [-0.25, -0.2) is 0 Å². The van der Waals surface area contributed by atoms with Gasteiger partial charge in [-0.05, 0) is 11.6 Å². The molecule has 0 aromatic rings. The average molecular weight is 145 g/mol. The van der Waals surface area contributed by atoms with Crippen molar-refractivity contribution in [2.24, 2.45) is 11.3 Å². The lowest BCUT2D eigenvalue weighted by molar-refractivity contribution is -0.113. The van der Waals surface area contributed by atoms with E-state index in [4.69, 9.17) is 11.6 Å². The summed E-state index contributed by atoms with van der Waals surface area (Å²) in [6, 6.07) is 0. The second-order valence-corrected chi connectivity index (χ2v) is 3.36. The highest BCUT2D eigenvalue weighted by Crippen LogP contribution is 2.57. The Kier molecular flexibility index (Phi) is 1.21. The fraction of sp³-hybridized carbons (Fsp3) is 0.571. The van der Waals surface area contributed by atoms with Crippen LogP contribution in [0.15, 0.2) is 12.2 Å². The Bertz CT molecular complexity index is 181. The molecule has 0 radical (unpaired) electrons. The van der Waals surface area contributed by atoms with Gasteiger partial charge in [0.15, 0.2) is 0 Å². The summed E-state index contributed by atoms with van der Waals surface area (Å²) in [6.07, 6.45) is 0. The monoisotopic (exact) mass is 144 g/mol. The second kappa shape index (κ2) is 1.60. The molecular weight excluding hydrogens is 136 g/mol. The van der Waals surface area contributed by atoms with Gasteiger partial charge in [-0.15, -0.1) is 0 Å². The fourth-order valence-electron chi connectivity index (χ4n) is 1.06. The van der Waals surface area contributed by atoms with Crippen molar-refractivity contribution in [3.8, 4) is 0 Å². The van der Waals surface area contributed by atoms with E-state index in [2.05, 4.69) is 6.58 Å². The van der Waals surface area contributed by atoms with Gasteiger partial charge in [0, 0.05) is 5.41 Å². The van der Waals surface area contributed by atoms with Crippen molar-refractivity contribution >= 4 is 16.8 Å². The molecule has 0 amide bonds. The average Bonchev–Trinajstić information content (AvgIpc) is 2.07. The molecule has 1 nitrogen and oxygen atoms in total. The minimum atomic E-state index is -0.273. The van der Waals surface area contributed by atoms with Gasteiger partial charge in [-0.2, -0.15) is 0 Å². The minimum absolute atomic E-state index is 0.0289. The van der Waals surface area contributed by atoms with Gasteiger partial charge < -0.3 is 0 Å². The first-order valence-electron chi connectivity index (χ1n) is 2.86. The lowest BCUT2D eigenvalue weighted by Crippen LogP contribution is -1.96. The quantitative estimate of drug-likeness (QED) is 0.406. The first-order valence-corrected chi connectivity index (χ1v) is 3.24. The van der Waals surface area contributed by atoms with Crippen LogP contribution in [-0.4, -0.2) is 5.24 Å². The molecule has 9 heavy (non-hydrogen) atoms. The molecule has 1 rings (SSSR count). The third-order valence-electron chi connectivity index (χ3n) is 2.04. The summed E-state index contributed by atoms with van der Waals surface area (Å²) in [5.41, 5.74) is 0.932. The van der Waals surface area contributed by atoms with E-state index in [-0.39, 0.29) is 16.6 Å². The molecule has 0 aromatic carbocycles.